The van der Waals surface area contributed by atoms with E-state index in [-0.39, 0.29) is 0 Å². The van der Waals surface area contributed by atoms with Gasteiger partial charge < -0.3 is 4.48 Å². The minimum Gasteiger partial charge on any atom is -0.317 e. The van der Waals surface area contributed by atoms with Crippen LogP contribution in [0.1, 0.15) is 65.2 Å². The summed E-state index contributed by atoms with van der Waals surface area (Å²) >= 11 is 0. The van der Waals surface area contributed by atoms with Gasteiger partial charge in [-0.15, -0.1) is 0 Å². The molecular weight excluding hydrogens is 218 g/mol. The fourth-order valence-corrected chi connectivity index (χ4v) is 5.28. The van der Waals surface area contributed by atoms with Gasteiger partial charge >= 0.3 is 0 Å². The van der Waals surface area contributed by atoms with Crippen LogP contribution in [-0.2, 0) is 0 Å². The Balaban J connectivity index is 1.94. The summed E-state index contributed by atoms with van der Waals surface area (Å²) in [7, 11) is 2.55. The molecule has 0 spiro atoms. The molecule has 0 amide bonds. The van der Waals surface area contributed by atoms with Crippen molar-refractivity contribution in [2.24, 2.45) is 5.92 Å². The molecule has 3 rings (SSSR count). The predicted octanol–water partition coefficient (Wildman–Crippen LogP) is 4.29. The Bertz CT molecular complexity index is 370. The summed E-state index contributed by atoms with van der Waals surface area (Å²) in [6.45, 7) is 7.81. The van der Waals surface area contributed by atoms with Crippen molar-refractivity contribution in [1.29, 1.82) is 0 Å². The first-order valence-electron chi connectivity index (χ1n) is 8.15. The Morgan fingerprint density at radius 3 is 2.78 bits per heavy atom. The van der Waals surface area contributed by atoms with E-state index in [2.05, 4.69) is 20.9 Å². The van der Waals surface area contributed by atoms with E-state index in [4.69, 9.17) is 0 Å². The second kappa shape index (κ2) is 4.37. The number of hydrogen-bond acceptors (Lipinski definition) is 0. The van der Waals surface area contributed by atoms with Gasteiger partial charge in [-0.25, -0.2) is 0 Å². The summed E-state index contributed by atoms with van der Waals surface area (Å²) in [5.74, 6) is 0.985. The Hall–Kier alpha value is -0.300. The van der Waals surface area contributed by atoms with E-state index >= 15 is 0 Å². The minimum absolute atomic E-state index is 0.508. The summed E-state index contributed by atoms with van der Waals surface area (Å²) in [6, 6.07) is 0. The SMILES string of the molecule is CCC[C@@H]1C[C@]2(C)C3=C(CCCC3)CC[N@@+]2(C)C1. The van der Waals surface area contributed by atoms with Gasteiger partial charge in [-0.05, 0) is 44.6 Å². The van der Waals surface area contributed by atoms with Gasteiger partial charge in [0.1, 0.15) is 5.54 Å². The standard InChI is InChI=1S/C17H30N/c1-4-7-14-12-17(2)16-9-6-5-8-15(16)10-11-18(17,3)13-14/h14H,4-13H2,1-3H3/q+1/t14-,17-,18+/m1/s1. The molecule has 0 unspecified atom stereocenters. The third kappa shape index (κ3) is 1.70. The smallest absolute Gasteiger partial charge is 0.118 e. The van der Waals surface area contributed by atoms with Gasteiger partial charge in [0.2, 0.25) is 0 Å². The maximum absolute atomic E-state index is 2.60. The first-order chi connectivity index (χ1) is 8.59. The molecule has 1 nitrogen and oxygen atoms in total. The van der Waals surface area contributed by atoms with Crippen molar-refractivity contribution in [2.75, 3.05) is 20.1 Å². The summed E-state index contributed by atoms with van der Waals surface area (Å²) in [5.41, 5.74) is 4.28. The van der Waals surface area contributed by atoms with E-state index in [9.17, 15) is 0 Å². The lowest BCUT2D eigenvalue weighted by Crippen LogP contribution is -2.60. The highest BCUT2D eigenvalue weighted by Gasteiger charge is 2.56. The summed E-state index contributed by atoms with van der Waals surface area (Å²) < 4.78 is 1.36. The van der Waals surface area contributed by atoms with Gasteiger partial charge in [0.15, 0.2) is 0 Å². The van der Waals surface area contributed by atoms with E-state index in [0.29, 0.717) is 5.54 Å². The molecule has 1 aliphatic carbocycles. The largest absolute Gasteiger partial charge is 0.317 e. The van der Waals surface area contributed by atoms with E-state index in [0.717, 1.165) is 5.92 Å². The lowest BCUT2D eigenvalue weighted by Gasteiger charge is -2.51. The van der Waals surface area contributed by atoms with E-state index in [1.54, 1.807) is 0 Å². The van der Waals surface area contributed by atoms with Crippen LogP contribution in [0.4, 0.5) is 0 Å². The molecule has 0 aromatic carbocycles. The zero-order valence-electron chi connectivity index (χ0n) is 12.6. The maximum Gasteiger partial charge on any atom is 0.118 e. The quantitative estimate of drug-likeness (QED) is 0.505. The summed E-state index contributed by atoms with van der Waals surface area (Å²) in [5, 5.41) is 0. The molecule has 0 aromatic rings. The summed E-state index contributed by atoms with van der Waals surface area (Å²) in [4.78, 5) is 0. The van der Waals surface area contributed by atoms with Gasteiger partial charge in [0, 0.05) is 18.8 Å². The predicted molar refractivity (Wildman–Crippen MR) is 77.4 cm³/mol. The van der Waals surface area contributed by atoms with Crippen molar-refractivity contribution in [1.82, 2.24) is 0 Å². The van der Waals surface area contributed by atoms with Crippen molar-refractivity contribution < 1.29 is 4.48 Å². The van der Waals surface area contributed by atoms with Gasteiger partial charge in [-0.1, -0.05) is 18.9 Å². The second-order valence-corrected chi connectivity index (χ2v) is 7.47. The van der Waals surface area contributed by atoms with Crippen molar-refractivity contribution in [3.63, 3.8) is 0 Å². The van der Waals surface area contributed by atoms with E-state index in [1.807, 2.05) is 11.1 Å². The van der Waals surface area contributed by atoms with Gasteiger partial charge in [0.05, 0.1) is 20.1 Å². The fraction of sp³-hybridized carbons (Fsp3) is 0.882. The molecule has 102 valence electrons. The number of nitrogens with zero attached hydrogens (tertiary/aromatic N) is 1. The molecule has 3 aliphatic rings. The first kappa shape index (κ1) is 12.7. The molecule has 0 N–H and O–H groups in total. The Kier molecular flexibility index (Phi) is 3.09. The normalized spacial score (nSPS) is 43.8. The summed E-state index contributed by atoms with van der Waals surface area (Å²) in [6.07, 6.45) is 11.4. The lowest BCUT2D eigenvalue weighted by molar-refractivity contribution is -0.942. The maximum atomic E-state index is 2.60. The molecule has 1 heteroatoms. The number of rotatable bonds is 2. The van der Waals surface area contributed by atoms with Crippen LogP contribution in [0.5, 0.6) is 0 Å². The number of likely N-dealkylation sites (N-methyl/N-ethyl adjacent to an activating group) is 1. The van der Waals surface area contributed by atoms with Crippen molar-refractivity contribution >= 4 is 0 Å². The molecule has 0 bridgehead atoms. The van der Waals surface area contributed by atoms with Gasteiger partial charge in [-0.2, -0.15) is 0 Å². The van der Waals surface area contributed by atoms with Crippen LogP contribution in [0.15, 0.2) is 11.1 Å². The van der Waals surface area contributed by atoms with Crippen molar-refractivity contribution in [3.05, 3.63) is 11.1 Å². The number of hydrogen-bond donors (Lipinski definition) is 0. The molecule has 0 aromatic heterocycles. The molecule has 3 atom stereocenters. The Labute approximate surface area is 113 Å². The van der Waals surface area contributed by atoms with Crippen LogP contribution in [0.2, 0.25) is 0 Å². The topological polar surface area (TPSA) is 0 Å². The molecule has 0 radical (unpaired) electrons. The van der Waals surface area contributed by atoms with Crippen LogP contribution >= 0.6 is 0 Å². The number of fused-ring (bicyclic) bond motifs is 2. The van der Waals surface area contributed by atoms with Crippen LogP contribution in [0.25, 0.3) is 0 Å². The van der Waals surface area contributed by atoms with Crippen LogP contribution < -0.4 is 0 Å². The van der Waals surface area contributed by atoms with Crippen molar-refractivity contribution in [2.45, 2.75) is 70.8 Å². The monoisotopic (exact) mass is 248 g/mol. The van der Waals surface area contributed by atoms with Gasteiger partial charge in [-0.3, -0.25) is 0 Å². The van der Waals surface area contributed by atoms with Crippen LogP contribution in [-0.4, -0.2) is 30.2 Å². The average Bonchev–Trinajstić information content (AvgIpc) is 2.62. The molecule has 1 saturated heterocycles. The lowest BCUT2D eigenvalue weighted by atomic mass is 9.73. The second-order valence-electron chi connectivity index (χ2n) is 7.47. The molecule has 2 heterocycles. The zero-order valence-corrected chi connectivity index (χ0v) is 12.6. The Morgan fingerprint density at radius 2 is 2.00 bits per heavy atom. The van der Waals surface area contributed by atoms with Crippen LogP contribution in [0, 0.1) is 5.92 Å². The molecule has 2 aliphatic heterocycles. The van der Waals surface area contributed by atoms with E-state index < -0.39 is 0 Å². The van der Waals surface area contributed by atoms with Crippen molar-refractivity contribution in [3.8, 4) is 0 Å². The Morgan fingerprint density at radius 1 is 1.22 bits per heavy atom. The van der Waals surface area contributed by atoms with E-state index in [1.165, 1.54) is 68.9 Å². The molecule has 1 fully saturated rings. The molecule has 0 saturated carbocycles. The third-order valence-electron chi connectivity index (χ3n) is 6.38. The number of quaternary nitrogens is 1. The average molecular weight is 248 g/mol. The fourth-order valence-electron chi connectivity index (χ4n) is 5.28. The zero-order chi connectivity index (χ0) is 12.8. The third-order valence-corrected chi connectivity index (χ3v) is 6.38. The van der Waals surface area contributed by atoms with Gasteiger partial charge in [0.25, 0.3) is 0 Å². The highest BCUT2D eigenvalue weighted by molar-refractivity contribution is 5.29. The molecular formula is C17H30N+. The molecule has 18 heavy (non-hydrogen) atoms. The highest BCUT2D eigenvalue weighted by Crippen LogP contribution is 2.52. The highest BCUT2D eigenvalue weighted by atomic mass is 15.4. The van der Waals surface area contributed by atoms with Crippen LogP contribution in [0.3, 0.4) is 0 Å². The first-order valence-corrected chi connectivity index (χ1v) is 8.15. The minimum atomic E-state index is 0.508.